The molecule has 0 aromatic heterocycles. The predicted octanol–water partition coefficient (Wildman–Crippen LogP) is 6.02. The highest BCUT2D eigenvalue weighted by Crippen LogP contribution is 2.40. The Kier molecular flexibility index (Phi) is 6.40. The number of rotatable bonds is 5. The van der Waals surface area contributed by atoms with E-state index < -0.39 is 46.4 Å². The molecule has 0 spiro atoms. The second-order valence-electron chi connectivity index (χ2n) is 7.36. The normalized spacial score (nSPS) is 13.9. The quantitative estimate of drug-likeness (QED) is 0.441. The van der Waals surface area contributed by atoms with Crippen LogP contribution < -0.4 is 11.1 Å². The number of nitrogens with two attached hydrogens (primary N) is 1. The van der Waals surface area contributed by atoms with Crippen molar-refractivity contribution in [3.8, 4) is 0 Å². The Morgan fingerprint density at radius 2 is 1.27 bits per heavy atom. The van der Waals surface area contributed by atoms with Crippen molar-refractivity contribution >= 4 is 6.03 Å². The van der Waals surface area contributed by atoms with Crippen molar-refractivity contribution in [3.05, 3.63) is 106 Å². The molecule has 3 aromatic carbocycles. The van der Waals surface area contributed by atoms with Crippen LogP contribution in [-0.2, 0) is 24.3 Å². The maximum Gasteiger partial charge on any atom is 0.416 e. The maximum absolute atomic E-state index is 14.3. The van der Waals surface area contributed by atoms with Crippen molar-refractivity contribution < 1.29 is 35.5 Å². The van der Waals surface area contributed by atoms with Gasteiger partial charge in [0, 0.05) is 6.42 Å². The second kappa shape index (κ2) is 8.76. The summed E-state index contributed by atoms with van der Waals surface area (Å²) < 4.78 is 94.8. The molecule has 1 unspecified atom stereocenters. The zero-order chi connectivity index (χ0) is 24.4. The number of primary amides is 1. The number of halogens is 7. The Bertz CT molecular complexity index is 1140. The molecule has 3 aromatic rings. The van der Waals surface area contributed by atoms with E-state index in [1.807, 2.05) is 0 Å². The first-order valence-electron chi connectivity index (χ1n) is 9.49. The molecule has 10 heteroatoms. The summed E-state index contributed by atoms with van der Waals surface area (Å²) in [7, 11) is 0. The molecule has 174 valence electrons. The van der Waals surface area contributed by atoms with Gasteiger partial charge in [0.05, 0.1) is 16.7 Å². The number of amides is 2. The molecule has 0 aliphatic rings. The van der Waals surface area contributed by atoms with Crippen LogP contribution in [0.3, 0.4) is 0 Å². The fourth-order valence-electron chi connectivity index (χ4n) is 3.63. The van der Waals surface area contributed by atoms with Crippen LogP contribution in [0, 0.1) is 5.82 Å². The van der Waals surface area contributed by atoms with Crippen LogP contribution in [0.25, 0.3) is 0 Å². The summed E-state index contributed by atoms with van der Waals surface area (Å²) in [4.78, 5) is 12.0. The molecule has 0 fully saturated rings. The van der Waals surface area contributed by atoms with E-state index in [2.05, 4.69) is 5.32 Å². The lowest BCUT2D eigenvalue weighted by atomic mass is 9.77. The summed E-state index contributed by atoms with van der Waals surface area (Å²) in [5, 5.41) is 2.30. The Balaban J connectivity index is 2.36. The SMILES string of the molecule is NC(=O)NC(Cc1ccccc1)(c1cccc(C(F)(F)F)c1)c1cc(F)cc(C(F)(F)F)c1. The van der Waals surface area contributed by atoms with Gasteiger partial charge >= 0.3 is 18.4 Å². The minimum absolute atomic E-state index is 0.223. The van der Waals surface area contributed by atoms with Crippen molar-refractivity contribution in [1.82, 2.24) is 5.32 Å². The standard InChI is InChI=1S/C23H17F7N2O/c24-19-11-17(10-18(12-19)23(28,29)30)21(32-20(31)33,13-14-5-2-1-3-6-14)15-7-4-8-16(9-15)22(25,26)27/h1-12H,13H2,(H3,31,32,33). The molecular formula is C23H17F7N2O. The molecule has 1 atom stereocenters. The monoisotopic (exact) mass is 470 g/mol. The molecule has 3 nitrogen and oxygen atoms in total. The maximum atomic E-state index is 14.3. The van der Waals surface area contributed by atoms with E-state index in [1.165, 1.54) is 6.07 Å². The number of carbonyl (C=O) groups is 1. The molecule has 33 heavy (non-hydrogen) atoms. The Labute approximate surface area is 184 Å². The summed E-state index contributed by atoms with van der Waals surface area (Å²) in [6.45, 7) is 0. The van der Waals surface area contributed by atoms with Gasteiger partial charge in [-0.05, 0) is 47.0 Å². The van der Waals surface area contributed by atoms with Gasteiger partial charge < -0.3 is 11.1 Å². The van der Waals surface area contributed by atoms with Gasteiger partial charge in [0.25, 0.3) is 0 Å². The minimum atomic E-state index is -4.95. The molecule has 3 rings (SSSR count). The number of hydrogen-bond donors (Lipinski definition) is 2. The van der Waals surface area contributed by atoms with E-state index in [-0.39, 0.29) is 18.1 Å². The molecular weight excluding hydrogens is 453 g/mol. The van der Waals surface area contributed by atoms with Gasteiger partial charge in [-0.3, -0.25) is 0 Å². The third-order valence-electron chi connectivity index (χ3n) is 5.05. The number of urea groups is 1. The average molecular weight is 470 g/mol. The summed E-state index contributed by atoms with van der Waals surface area (Å²) in [6.07, 6.45) is -10.0. The van der Waals surface area contributed by atoms with E-state index in [0.717, 1.165) is 18.2 Å². The highest BCUT2D eigenvalue weighted by Gasteiger charge is 2.41. The van der Waals surface area contributed by atoms with Gasteiger partial charge in [-0.25, -0.2) is 9.18 Å². The number of nitrogens with one attached hydrogen (secondary N) is 1. The first-order chi connectivity index (χ1) is 15.3. The van der Waals surface area contributed by atoms with E-state index in [1.54, 1.807) is 30.3 Å². The Hall–Kier alpha value is -3.56. The fourth-order valence-corrected chi connectivity index (χ4v) is 3.63. The zero-order valence-electron chi connectivity index (χ0n) is 16.8. The van der Waals surface area contributed by atoms with Crippen LogP contribution in [-0.4, -0.2) is 6.03 Å². The largest absolute Gasteiger partial charge is 0.416 e. The van der Waals surface area contributed by atoms with Gasteiger partial charge in [-0.2, -0.15) is 26.3 Å². The van der Waals surface area contributed by atoms with Crippen LogP contribution in [0.5, 0.6) is 0 Å². The Morgan fingerprint density at radius 3 is 1.85 bits per heavy atom. The van der Waals surface area contributed by atoms with Crippen molar-refractivity contribution in [2.45, 2.75) is 24.3 Å². The van der Waals surface area contributed by atoms with Gasteiger partial charge in [0.2, 0.25) is 0 Å². The molecule has 0 aliphatic carbocycles. The zero-order valence-corrected chi connectivity index (χ0v) is 16.8. The van der Waals surface area contributed by atoms with Gasteiger partial charge in [0.1, 0.15) is 5.82 Å². The van der Waals surface area contributed by atoms with Crippen LogP contribution in [0.15, 0.2) is 72.8 Å². The van der Waals surface area contributed by atoms with Crippen LogP contribution >= 0.6 is 0 Å². The van der Waals surface area contributed by atoms with Crippen molar-refractivity contribution in [2.24, 2.45) is 5.73 Å². The van der Waals surface area contributed by atoms with Gasteiger partial charge in [-0.1, -0.05) is 42.5 Å². The lowest BCUT2D eigenvalue weighted by Gasteiger charge is -2.36. The van der Waals surface area contributed by atoms with E-state index >= 15 is 0 Å². The number of hydrogen-bond acceptors (Lipinski definition) is 1. The average Bonchev–Trinajstić information content (AvgIpc) is 2.72. The number of benzene rings is 3. The van der Waals surface area contributed by atoms with Gasteiger partial charge in [0.15, 0.2) is 0 Å². The highest BCUT2D eigenvalue weighted by atomic mass is 19.4. The first kappa shape index (κ1) is 24.1. The number of alkyl halides is 6. The van der Waals surface area contributed by atoms with Crippen LogP contribution in [0.4, 0.5) is 35.5 Å². The van der Waals surface area contributed by atoms with E-state index in [0.29, 0.717) is 17.7 Å². The molecule has 2 amide bonds. The second-order valence-corrected chi connectivity index (χ2v) is 7.36. The smallest absolute Gasteiger partial charge is 0.352 e. The molecule has 0 aliphatic heterocycles. The topological polar surface area (TPSA) is 55.1 Å². The van der Waals surface area contributed by atoms with E-state index in [9.17, 15) is 35.5 Å². The summed E-state index contributed by atoms with van der Waals surface area (Å²) >= 11 is 0. The molecule has 0 heterocycles. The Morgan fingerprint density at radius 1 is 0.727 bits per heavy atom. The third-order valence-corrected chi connectivity index (χ3v) is 5.05. The minimum Gasteiger partial charge on any atom is -0.352 e. The predicted molar refractivity (Wildman–Crippen MR) is 106 cm³/mol. The summed E-state index contributed by atoms with van der Waals surface area (Å²) in [5.41, 5.74) is 0.594. The third kappa shape index (κ3) is 5.44. The molecule has 0 saturated heterocycles. The van der Waals surface area contributed by atoms with Crippen molar-refractivity contribution in [2.75, 3.05) is 0 Å². The molecule has 0 saturated carbocycles. The fraction of sp³-hybridized carbons (Fsp3) is 0.174. The lowest BCUT2D eigenvalue weighted by molar-refractivity contribution is -0.138. The molecule has 0 bridgehead atoms. The molecule has 3 N–H and O–H groups in total. The van der Waals surface area contributed by atoms with E-state index in [4.69, 9.17) is 5.73 Å². The highest BCUT2D eigenvalue weighted by molar-refractivity contribution is 5.74. The van der Waals surface area contributed by atoms with Crippen molar-refractivity contribution in [1.29, 1.82) is 0 Å². The summed E-state index contributed by atoms with van der Waals surface area (Å²) in [5.74, 6) is -1.28. The van der Waals surface area contributed by atoms with Crippen LogP contribution in [0.1, 0.15) is 27.8 Å². The first-order valence-corrected chi connectivity index (χ1v) is 9.49. The lowest BCUT2D eigenvalue weighted by Crippen LogP contribution is -2.51. The van der Waals surface area contributed by atoms with Gasteiger partial charge in [-0.15, -0.1) is 0 Å². The van der Waals surface area contributed by atoms with Crippen LogP contribution in [0.2, 0.25) is 0 Å². The molecule has 0 radical (unpaired) electrons. The summed E-state index contributed by atoms with van der Waals surface area (Å²) in [6, 6.07) is 12.0. The number of carbonyl (C=O) groups excluding carboxylic acids is 1. The van der Waals surface area contributed by atoms with Crippen molar-refractivity contribution in [3.63, 3.8) is 0 Å².